The van der Waals surface area contributed by atoms with Crippen LogP contribution in [0.3, 0.4) is 0 Å². The first kappa shape index (κ1) is 21.5. The number of hydrogen-bond donors (Lipinski definition) is 0. The number of halogens is 2. The van der Waals surface area contributed by atoms with Crippen LogP contribution in [-0.4, -0.2) is 0 Å². The smallest absolute Gasteiger partial charge is 0.0406 e. The number of allylic oxidation sites excluding steroid dienone is 1. The Balaban J connectivity index is 2.14. The molecule has 1 aliphatic carbocycles. The first-order chi connectivity index (χ1) is 13.3. The third-order valence-corrected chi connectivity index (χ3v) is 6.75. The molecule has 0 saturated heterocycles. The molecule has 1 fully saturated rings. The van der Waals surface area contributed by atoms with Gasteiger partial charge in [-0.15, -0.1) is 0 Å². The van der Waals surface area contributed by atoms with Crippen molar-refractivity contribution in [2.45, 2.75) is 59.8 Å². The Bertz CT molecular complexity index is 760. The second kappa shape index (κ2) is 9.06. The highest BCUT2D eigenvalue weighted by atomic mass is 35.5. The first-order valence-electron chi connectivity index (χ1n) is 10.5. The summed E-state index contributed by atoms with van der Waals surface area (Å²) in [4.78, 5) is 0. The summed E-state index contributed by atoms with van der Waals surface area (Å²) in [6, 6.07) is 16.7. The lowest BCUT2D eigenvalue weighted by atomic mass is 9.79. The summed E-state index contributed by atoms with van der Waals surface area (Å²) in [6.45, 7) is 9.46. The number of hydrogen-bond acceptors (Lipinski definition) is 0. The van der Waals surface area contributed by atoms with Crippen LogP contribution in [0.15, 0.2) is 54.1 Å². The lowest BCUT2D eigenvalue weighted by Crippen LogP contribution is -2.17. The molecule has 0 nitrogen and oxygen atoms in total. The lowest BCUT2D eigenvalue weighted by Gasteiger charge is -2.26. The van der Waals surface area contributed by atoms with Crippen molar-refractivity contribution in [3.8, 4) is 0 Å². The van der Waals surface area contributed by atoms with Gasteiger partial charge in [-0.25, -0.2) is 0 Å². The quantitative estimate of drug-likeness (QED) is 0.457. The Labute approximate surface area is 181 Å². The Morgan fingerprint density at radius 3 is 1.82 bits per heavy atom. The van der Waals surface area contributed by atoms with E-state index in [1.165, 1.54) is 48.8 Å². The van der Waals surface area contributed by atoms with Gasteiger partial charge in [0.05, 0.1) is 0 Å². The van der Waals surface area contributed by atoms with Gasteiger partial charge in [0.15, 0.2) is 0 Å². The maximum atomic E-state index is 6.19. The van der Waals surface area contributed by atoms with Crippen molar-refractivity contribution in [1.29, 1.82) is 0 Å². The van der Waals surface area contributed by atoms with E-state index in [0.717, 1.165) is 16.0 Å². The van der Waals surface area contributed by atoms with E-state index in [1.807, 2.05) is 24.3 Å². The lowest BCUT2D eigenvalue weighted by molar-refractivity contribution is 0.237. The fourth-order valence-electron chi connectivity index (χ4n) is 4.48. The van der Waals surface area contributed by atoms with Crippen molar-refractivity contribution >= 4 is 28.8 Å². The minimum absolute atomic E-state index is 0.331. The molecule has 0 amide bonds. The molecular weight excluding hydrogens is 383 g/mol. The van der Waals surface area contributed by atoms with Crippen molar-refractivity contribution in [1.82, 2.24) is 0 Å². The Morgan fingerprint density at radius 1 is 0.893 bits per heavy atom. The molecule has 2 unspecified atom stereocenters. The van der Waals surface area contributed by atoms with E-state index >= 15 is 0 Å². The monoisotopic (exact) mass is 414 g/mol. The van der Waals surface area contributed by atoms with Crippen LogP contribution in [0.25, 0.3) is 5.57 Å². The van der Waals surface area contributed by atoms with Gasteiger partial charge in [-0.05, 0) is 77.5 Å². The summed E-state index contributed by atoms with van der Waals surface area (Å²) in [7, 11) is 0. The molecule has 2 aromatic carbocycles. The maximum absolute atomic E-state index is 6.19. The van der Waals surface area contributed by atoms with Gasteiger partial charge in [-0.3, -0.25) is 0 Å². The van der Waals surface area contributed by atoms with E-state index in [4.69, 9.17) is 23.2 Å². The van der Waals surface area contributed by atoms with Crippen molar-refractivity contribution in [2.24, 2.45) is 17.3 Å². The Hall–Kier alpha value is -1.24. The predicted molar refractivity (Wildman–Crippen MR) is 124 cm³/mol. The number of benzene rings is 2. The van der Waals surface area contributed by atoms with E-state index in [-0.39, 0.29) is 0 Å². The summed E-state index contributed by atoms with van der Waals surface area (Å²) in [6.07, 6.45) is 6.30. The van der Waals surface area contributed by atoms with Gasteiger partial charge in [-0.2, -0.15) is 0 Å². The van der Waals surface area contributed by atoms with Crippen molar-refractivity contribution < 1.29 is 0 Å². The van der Waals surface area contributed by atoms with Gasteiger partial charge in [0, 0.05) is 10.0 Å². The molecule has 2 atom stereocenters. The SMILES string of the molecule is CCCCC1CC(C(C)(C)C)CC1=C(c1ccc(Cl)cc1)c1ccc(Cl)cc1. The zero-order valence-electron chi connectivity index (χ0n) is 17.6. The highest BCUT2D eigenvalue weighted by Gasteiger charge is 2.37. The summed E-state index contributed by atoms with van der Waals surface area (Å²) in [5, 5.41) is 1.57. The summed E-state index contributed by atoms with van der Waals surface area (Å²) in [5.41, 5.74) is 5.87. The average molecular weight is 415 g/mol. The zero-order valence-corrected chi connectivity index (χ0v) is 19.1. The Kier molecular flexibility index (Phi) is 6.94. The van der Waals surface area contributed by atoms with Gasteiger partial charge < -0.3 is 0 Å². The fraction of sp³-hybridized carbons (Fsp3) is 0.462. The van der Waals surface area contributed by atoms with Gasteiger partial charge in [0.25, 0.3) is 0 Å². The topological polar surface area (TPSA) is 0 Å². The van der Waals surface area contributed by atoms with Crippen LogP contribution in [0.4, 0.5) is 0 Å². The molecule has 0 aliphatic heterocycles. The van der Waals surface area contributed by atoms with Gasteiger partial charge in [-0.1, -0.05) is 93.6 Å². The van der Waals surface area contributed by atoms with E-state index in [9.17, 15) is 0 Å². The second-order valence-electron chi connectivity index (χ2n) is 9.26. The van der Waals surface area contributed by atoms with Crippen molar-refractivity contribution in [2.75, 3.05) is 0 Å². The van der Waals surface area contributed by atoms with E-state index < -0.39 is 0 Å². The average Bonchev–Trinajstić information content (AvgIpc) is 3.07. The molecule has 0 spiro atoms. The molecule has 0 N–H and O–H groups in total. The molecule has 3 rings (SSSR count). The highest BCUT2D eigenvalue weighted by molar-refractivity contribution is 6.31. The minimum Gasteiger partial charge on any atom is -0.0843 e. The molecule has 150 valence electrons. The molecule has 0 bridgehead atoms. The van der Waals surface area contributed by atoms with Crippen LogP contribution >= 0.6 is 23.2 Å². The third-order valence-electron chi connectivity index (χ3n) is 6.25. The van der Waals surface area contributed by atoms with Crippen LogP contribution in [0, 0.1) is 17.3 Å². The maximum Gasteiger partial charge on any atom is 0.0406 e. The second-order valence-corrected chi connectivity index (χ2v) is 10.1. The van der Waals surface area contributed by atoms with E-state index in [1.54, 1.807) is 5.57 Å². The molecule has 2 aromatic rings. The van der Waals surface area contributed by atoms with Gasteiger partial charge in [0.1, 0.15) is 0 Å². The molecule has 28 heavy (non-hydrogen) atoms. The molecule has 0 aromatic heterocycles. The highest BCUT2D eigenvalue weighted by Crippen LogP contribution is 2.50. The zero-order chi connectivity index (χ0) is 20.3. The normalized spacial score (nSPS) is 19.9. The molecule has 1 saturated carbocycles. The van der Waals surface area contributed by atoms with Crippen molar-refractivity contribution in [3.63, 3.8) is 0 Å². The van der Waals surface area contributed by atoms with E-state index in [2.05, 4.69) is 52.0 Å². The Morgan fingerprint density at radius 2 is 1.39 bits per heavy atom. The number of unbranched alkanes of at least 4 members (excludes halogenated alkanes) is 1. The minimum atomic E-state index is 0.331. The molecule has 0 heterocycles. The summed E-state index contributed by atoms with van der Waals surface area (Å²) < 4.78 is 0. The van der Waals surface area contributed by atoms with E-state index in [0.29, 0.717) is 11.3 Å². The summed E-state index contributed by atoms with van der Waals surface area (Å²) in [5.74, 6) is 1.38. The van der Waals surface area contributed by atoms with Crippen LogP contribution in [0.5, 0.6) is 0 Å². The van der Waals surface area contributed by atoms with Crippen molar-refractivity contribution in [3.05, 3.63) is 75.3 Å². The van der Waals surface area contributed by atoms with Crippen LogP contribution < -0.4 is 0 Å². The predicted octanol–water partition coefficient (Wildman–Crippen LogP) is 9.06. The fourth-order valence-corrected chi connectivity index (χ4v) is 4.73. The standard InChI is InChI=1S/C26H32Cl2/c1-5-6-7-20-16-21(26(2,3)4)17-24(20)25(18-8-12-22(27)13-9-18)19-10-14-23(28)15-11-19/h8-15,20-21H,5-7,16-17H2,1-4H3. The van der Waals surface area contributed by atoms with Crippen LogP contribution in [-0.2, 0) is 0 Å². The third kappa shape index (κ3) is 5.02. The molecule has 1 aliphatic rings. The molecular formula is C26H32Cl2. The van der Waals surface area contributed by atoms with Gasteiger partial charge >= 0.3 is 0 Å². The van der Waals surface area contributed by atoms with Gasteiger partial charge in [0.2, 0.25) is 0 Å². The summed E-state index contributed by atoms with van der Waals surface area (Å²) >= 11 is 12.4. The van der Waals surface area contributed by atoms with Crippen LogP contribution in [0.2, 0.25) is 10.0 Å². The largest absolute Gasteiger partial charge is 0.0843 e. The number of rotatable bonds is 5. The molecule has 2 heteroatoms. The first-order valence-corrected chi connectivity index (χ1v) is 11.3. The van der Waals surface area contributed by atoms with Crippen LogP contribution in [0.1, 0.15) is 70.9 Å². The molecule has 0 radical (unpaired) electrons.